The van der Waals surface area contributed by atoms with E-state index in [1.165, 1.54) is 0 Å². The molecule has 0 bridgehead atoms. The van der Waals surface area contributed by atoms with Gasteiger partial charge in [-0.05, 0) is 12.1 Å². The first-order chi connectivity index (χ1) is 7.92. The van der Waals surface area contributed by atoms with Crippen molar-refractivity contribution in [3.63, 3.8) is 0 Å². The Balaban J connectivity index is 2.64. The normalized spacial score (nSPS) is 10.5. The molecule has 1 heterocycles. The third-order valence-corrected chi connectivity index (χ3v) is 2.70. The van der Waals surface area contributed by atoms with Crippen LogP contribution in [-0.2, 0) is 0 Å². The maximum Gasteiger partial charge on any atom is 0.112 e. The average molecular weight is 207 g/mol. The zero-order chi connectivity index (χ0) is 11.0. The smallest absolute Gasteiger partial charge is 0.112 e. The molecule has 0 aliphatic heterocycles. The molecule has 0 radical (unpaired) electrons. The molecule has 3 rings (SSSR count). The molecule has 3 nitrogen and oxygen atoms in total. The quantitative estimate of drug-likeness (QED) is 0.595. The molecule has 0 fully saturated rings. The third-order valence-electron chi connectivity index (χ3n) is 2.70. The Hall–Kier alpha value is -2.38. The fourth-order valence-electron chi connectivity index (χ4n) is 2.06. The van der Waals surface area contributed by atoms with Crippen molar-refractivity contribution in [2.24, 2.45) is 5.10 Å². The number of hydrogen-bond donors (Lipinski definition) is 1. The minimum atomic E-state index is 1.00. The standard InChI is InChI=1S/C13H9N3/c14-9-15-16-12-7-3-1-5-10(12)11-6-2-4-8-13(11)16/h1-8,14H. The van der Waals surface area contributed by atoms with Gasteiger partial charge in [0.1, 0.15) is 6.01 Å². The van der Waals surface area contributed by atoms with Crippen LogP contribution in [0.5, 0.6) is 0 Å². The molecule has 0 spiro atoms. The molecule has 76 valence electrons. The number of aromatic nitrogens is 1. The highest BCUT2D eigenvalue weighted by molar-refractivity contribution is 6.07. The molecule has 16 heavy (non-hydrogen) atoms. The molecule has 0 saturated carbocycles. The van der Waals surface area contributed by atoms with Gasteiger partial charge >= 0.3 is 0 Å². The number of benzene rings is 2. The van der Waals surface area contributed by atoms with Crippen LogP contribution >= 0.6 is 0 Å². The summed E-state index contributed by atoms with van der Waals surface area (Å²) in [6.07, 6.45) is 0. The minimum absolute atomic E-state index is 1.00. The monoisotopic (exact) mass is 207 g/mol. The van der Waals surface area contributed by atoms with Crippen molar-refractivity contribution >= 4 is 27.8 Å². The lowest BCUT2D eigenvalue weighted by atomic mass is 10.2. The zero-order valence-corrected chi connectivity index (χ0v) is 8.51. The van der Waals surface area contributed by atoms with Gasteiger partial charge in [-0.1, -0.05) is 36.4 Å². The lowest BCUT2D eigenvalue weighted by Crippen LogP contribution is -1.85. The molecule has 0 atom stereocenters. The Morgan fingerprint density at radius 1 is 0.875 bits per heavy atom. The summed E-state index contributed by atoms with van der Waals surface area (Å²) in [7, 11) is 0. The Morgan fingerprint density at radius 2 is 1.38 bits per heavy atom. The number of fused-ring (bicyclic) bond motifs is 3. The van der Waals surface area contributed by atoms with Crippen molar-refractivity contribution < 1.29 is 0 Å². The van der Waals surface area contributed by atoms with E-state index < -0.39 is 0 Å². The van der Waals surface area contributed by atoms with Crippen LogP contribution in [0.3, 0.4) is 0 Å². The van der Waals surface area contributed by atoms with E-state index in [1.54, 1.807) is 4.68 Å². The van der Waals surface area contributed by atoms with Crippen molar-refractivity contribution in [3.8, 4) is 0 Å². The van der Waals surface area contributed by atoms with E-state index >= 15 is 0 Å². The second-order valence-corrected chi connectivity index (χ2v) is 3.56. The van der Waals surface area contributed by atoms with Crippen LogP contribution in [-0.4, -0.2) is 10.7 Å². The van der Waals surface area contributed by atoms with Gasteiger partial charge in [0, 0.05) is 10.8 Å². The lowest BCUT2D eigenvalue weighted by molar-refractivity contribution is 0.973. The molecule has 1 aromatic heterocycles. The van der Waals surface area contributed by atoms with Gasteiger partial charge in [0.25, 0.3) is 0 Å². The van der Waals surface area contributed by atoms with Gasteiger partial charge < -0.3 is 0 Å². The molecule has 3 aromatic rings. The van der Waals surface area contributed by atoms with Crippen molar-refractivity contribution in [1.82, 2.24) is 4.68 Å². The molecule has 0 aliphatic carbocycles. The van der Waals surface area contributed by atoms with Crippen molar-refractivity contribution in [3.05, 3.63) is 48.5 Å². The van der Waals surface area contributed by atoms with Gasteiger partial charge in [0.15, 0.2) is 0 Å². The number of nitrogens with one attached hydrogen (secondary N) is 1. The number of hydrogen-bond acceptors (Lipinski definition) is 2. The summed E-state index contributed by atoms with van der Waals surface area (Å²) in [6, 6.07) is 18.2. The Bertz CT molecular complexity index is 665. The van der Waals surface area contributed by atoms with E-state index in [4.69, 9.17) is 5.41 Å². The molecule has 0 saturated heterocycles. The second kappa shape index (κ2) is 3.33. The van der Waals surface area contributed by atoms with Crippen LogP contribution < -0.4 is 0 Å². The van der Waals surface area contributed by atoms with Crippen molar-refractivity contribution in [2.45, 2.75) is 0 Å². The molecular weight excluding hydrogens is 198 g/mol. The SMILES string of the molecule is N=C=Nn1c2ccccc2c2ccccc21. The van der Waals surface area contributed by atoms with Gasteiger partial charge in [-0.3, -0.25) is 0 Å². The highest BCUT2D eigenvalue weighted by Crippen LogP contribution is 2.28. The lowest BCUT2D eigenvalue weighted by Gasteiger charge is -1.95. The first-order valence-electron chi connectivity index (χ1n) is 5.03. The summed E-state index contributed by atoms with van der Waals surface area (Å²) in [5.74, 6) is 0. The second-order valence-electron chi connectivity index (χ2n) is 3.56. The fraction of sp³-hybridized carbons (Fsp3) is 0. The summed E-state index contributed by atoms with van der Waals surface area (Å²) >= 11 is 0. The van der Waals surface area contributed by atoms with Gasteiger partial charge in [-0.25, -0.2) is 10.1 Å². The Kier molecular flexibility index (Phi) is 1.85. The van der Waals surface area contributed by atoms with Crippen LogP contribution in [0.1, 0.15) is 0 Å². The molecule has 0 aliphatic rings. The summed E-state index contributed by atoms with van der Waals surface area (Å²) in [6.45, 7) is 0. The van der Waals surface area contributed by atoms with Crippen LogP contribution in [0.4, 0.5) is 0 Å². The van der Waals surface area contributed by atoms with Crippen molar-refractivity contribution in [1.29, 1.82) is 5.41 Å². The van der Waals surface area contributed by atoms with Gasteiger partial charge in [0.2, 0.25) is 0 Å². The first kappa shape index (κ1) is 8.89. The number of rotatable bonds is 1. The zero-order valence-electron chi connectivity index (χ0n) is 8.51. The maximum atomic E-state index is 6.99. The number of para-hydroxylation sites is 2. The average Bonchev–Trinajstić information content (AvgIpc) is 2.66. The van der Waals surface area contributed by atoms with Crippen molar-refractivity contribution in [2.75, 3.05) is 0 Å². The van der Waals surface area contributed by atoms with Crippen LogP contribution in [0.15, 0.2) is 53.6 Å². The molecule has 1 N–H and O–H groups in total. The molecular formula is C13H9N3. The van der Waals surface area contributed by atoms with E-state index in [0.717, 1.165) is 21.8 Å². The highest BCUT2D eigenvalue weighted by atomic mass is 15.3. The Labute approximate surface area is 92.1 Å². The minimum Gasteiger partial charge on any atom is -0.240 e. The van der Waals surface area contributed by atoms with E-state index in [1.807, 2.05) is 36.4 Å². The highest BCUT2D eigenvalue weighted by Gasteiger charge is 2.07. The predicted molar refractivity (Wildman–Crippen MR) is 65.0 cm³/mol. The first-order valence-corrected chi connectivity index (χ1v) is 5.03. The van der Waals surface area contributed by atoms with E-state index in [0.29, 0.717) is 0 Å². The largest absolute Gasteiger partial charge is 0.240 e. The summed E-state index contributed by atoms with van der Waals surface area (Å²) in [4.78, 5) is 0. The summed E-state index contributed by atoms with van der Waals surface area (Å²) < 4.78 is 1.75. The third kappa shape index (κ3) is 1.09. The maximum absolute atomic E-state index is 6.99. The molecule has 3 heteroatoms. The number of nitrogens with zero attached hydrogens (tertiary/aromatic N) is 2. The Morgan fingerprint density at radius 3 is 1.88 bits per heavy atom. The van der Waals surface area contributed by atoms with E-state index in [-0.39, 0.29) is 0 Å². The van der Waals surface area contributed by atoms with E-state index in [2.05, 4.69) is 23.2 Å². The predicted octanol–water partition coefficient (Wildman–Crippen LogP) is 3.31. The van der Waals surface area contributed by atoms with Gasteiger partial charge in [0.05, 0.1) is 11.0 Å². The van der Waals surface area contributed by atoms with Gasteiger partial charge in [-0.2, -0.15) is 0 Å². The fourth-order valence-corrected chi connectivity index (χ4v) is 2.06. The van der Waals surface area contributed by atoms with Crippen LogP contribution in [0.25, 0.3) is 21.8 Å². The molecule has 0 unspecified atom stereocenters. The van der Waals surface area contributed by atoms with Crippen LogP contribution in [0, 0.1) is 5.41 Å². The van der Waals surface area contributed by atoms with Crippen LogP contribution in [0.2, 0.25) is 0 Å². The van der Waals surface area contributed by atoms with E-state index in [9.17, 15) is 0 Å². The molecule has 2 aromatic carbocycles. The topological polar surface area (TPSA) is 41.1 Å². The van der Waals surface area contributed by atoms with Gasteiger partial charge in [-0.15, -0.1) is 5.10 Å². The summed E-state index contributed by atoms with van der Waals surface area (Å²) in [5.41, 5.74) is 2.01. The summed E-state index contributed by atoms with van der Waals surface area (Å²) in [5, 5.41) is 13.2. The molecule has 0 amide bonds.